The molecule has 0 spiro atoms. The van der Waals surface area contributed by atoms with E-state index >= 15 is 8.78 Å². The van der Waals surface area contributed by atoms with Crippen LogP contribution in [0.15, 0.2) is 36.5 Å². The normalized spacial score (nSPS) is 15.5. The third-order valence-electron chi connectivity index (χ3n) is 7.28. The molecule has 42 heavy (non-hydrogen) atoms. The molecule has 3 heterocycles. The van der Waals surface area contributed by atoms with E-state index in [9.17, 15) is 9.18 Å². The number of anilines is 2. The summed E-state index contributed by atoms with van der Waals surface area (Å²) < 4.78 is 56.1. The van der Waals surface area contributed by atoms with E-state index in [1.807, 2.05) is 50.5 Å². The van der Waals surface area contributed by atoms with Gasteiger partial charge in [-0.2, -0.15) is 0 Å². The van der Waals surface area contributed by atoms with Gasteiger partial charge in [0.05, 0.1) is 18.4 Å². The molecule has 1 aromatic heterocycles. The summed E-state index contributed by atoms with van der Waals surface area (Å²) in [6, 6.07) is 7.88. The maximum atomic E-state index is 15.2. The first-order chi connectivity index (χ1) is 19.9. The van der Waals surface area contributed by atoms with E-state index in [1.165, 1.54) is 12.1 Å². The van der Waals surface area contributed by atoms with Crippen LogP contribution < -0.4 is 14.5 Å². The van der Waals surface area contributed by atoms with E-state index in [4.69, 9.17) is 9.47 Å². The highest BCUT2D eigenvalue weighted by Crippen LogP contribution is 2.39. The van der Waals surface area contributed by atoms with Gasteiger partial charge in [-0.25, -0.2) is 27.9 Å². The molecule has 11 heteroatoms. The monoisotopic (exact) mass is 583 g/mol. The van der Waals surface area contributed by atoms with Crippen LogP contribution in [0, 0.1) is 17.5 Å². The molecule has 2 aromatic carbocycles. The van der Waals surface area contributed by atoms with Gasteiger partial charge in [0, 0.05) is 49.9 Å². The molecule has 8 nitrogen and oxygen atoms in total. The van der Waals surface area contributed by atoms with Gasteiger partial charge in [0.15, 0.2) is 17.4 Å². The largest absolute Gasteiger partial charge is 0.486 e. The number of nitrogens with zero attached hydrogens (tertiary/aromatic N) is 5. The highest BCUT2D eigenvalue weighted by Gasteiger charge is 2.27. The van der Waals surface area contributed by atoms with E-state index in [0.29, 0.717) is 56.3 Å². The molecule has 0 saturated carbocycles. The molecule has 0 N–H and O–H groups in total. The second-order valence-electron chi connectivity index (χ2n) is 11.8. The van der Waals surface area contributed by atoms with Gasteiger partial charge in [-0.1, -0.05) is 6.07 Å². The quantitative estimate of drug-likeness (QED) is 0.375. The number of hydrogen-bond donors (Lipinski definition) is 0. The molecule has 1 fully saturated rings. The van der Waals surface area contributed by atoms with Crippen molar-refractivity contribution in [2.75, 3.05) is 49.1 Å². The van der Waals surface area contributed by atoms with E-state index in [2.05, 4.69) is 9.97 Å². The van der Waals surface area contributed by atoms with Gasteiger partial charge >= 0.3 is 6.09 Å². The lowest BCUT2D eigenvalue weighted by Gasteiger charge is -2.36. The number of piperazine rings is 1. The number of benzene rings is 2. The zero-order valence-corrected chi connectivity index (χ0v) is 24.6. The topological polar surface area (TPSA) is 71.0 Å². The van der Waals surface area contributed by atoms with Crippen molar-refractivity contribution in [3.8, 4) is 17.0 Å². The first-order valence-electron chi connectivity index (χ1n) is 14.2. The number of ether oxygens (including phenoxy) is 2. The number of carbonyl (C=O) groups excluding carboxylic acids is 1. The fraction of sp³-hybridized carbons (Fsp3) is 0.452. The fourth-order valence-electron chi connectivity index (χ4n) is 5.19. The Hall–Kier alpha value is -4.02. The van der Waals surface area contributed by atoms with Crippen molar-refractivity contribution in [3.63, 3.8) is 0 Å². The molecule has 0 radical (unpaired) electrons. The molecule has 2 aliphatic heterocycles. The zero-order valence-electron chi connectivity index (χ0n) is 24.6. The van der Waals surface area contributed by atoms with Gasteiger partial charge in [-0.05, 0) is 64.4 Å². The van der Waals surface area contributed by atoms with Crippen LogP contribution in [-0.2, 0) is 11.2 Å². The Morgan fingerprint density at radius 1 is 1.00 bits per heavy atom. The summed E-state index contributed by atoms with van der Waals surface area (Å²) >= 11 is 0. The van der Waals surface area contributed by atoms with Crippen molar-refractivity contribution in [3.05, 3.63) is 65.4 Å². The van der Waals surface area contributed by atoms with Crippen molar-refractivity contribution in [1.82, 2.24) is 14.9 Å². The minimum Gasteiger partial charge on any atom is -0.486 e. The Kier molecular flexibility index (Phi) is 8.21. The van der Waals surface area contributed by atoms with E-state index in [0.717, 1.165) is 6.20 Å². The van der Waals surface area contributed by atoms with Crippen LogP contribution >= 0.6 is 0 Å². The molecule has 0 aliphatic carbocycles. The summed E-state index contributed by atoms with van der Waals surface area (Å²) in [5, 5.41) is 0. The van der Waals surface area contributed by atoms with Crippen molar-refractivity contribution in [1.29, 1.82) is 0 Å². The average Bonchev–Trinajstić information content (AvgIpc) is 2.94. The lowest BCUT2D eigenvalue weighted by Crippen LogP contribution is -2.50. The van der Waals surface area contributed by atoms with Gasteiger partial charge in [-0.15, -0.1) is 0 Å². The van der Waals surface area contributed by atoms with Crippen LogP contribution in [0.25, 0.3) is 11.3 Å². The molecule has 0 atom stereocenters. The Morgan fingerprint density at radius 2 is 1.74 bits per heavy atom. The second kappa shape index (κ2) is 11.7. The minimum atomic E-state index is -0.702. The first-order valence-corrected chi connectivity index (χ1v) is 14.2. The molecule has 0 bridgehead atoms. The maximum Gasteiger partial charge on any atom is 0.410 e. The summed E-state index contributed by atoms with van der Waals surface area (Å²) in [5.74, 6) is -1.39. The van der Waals surface area contributed by atoms with Crippen LogP contribution in [0.3, 0.4) is 0 Å². The smallest absolute Gasteiger partial charge is 0.410 e. The third-order valence-corrected chi connectivity index (χ3v) is 7.28. The Morgan fingerprint density at radius 3 is 2.40 bits per heavy atom. The van der Waals surface area contributed by atoms with Crippen LogP contribution in [0.2, 0.25) is 0 Å². The lowest BCUT2D eigenvalue weighted by molar-refractivity contribution is 0.0240. The average molecular weight is 584 g/mol. The Bertz CT molecular complexity index is 1470. The minimum absolute atomic E-state index is 0.0282. The molecule has 1 amide bonds. The van der Waals surface area contributed by atoms with Crippen molar-refractivity contribution >= 4 is 17.5 Å². The summed E-state index contributed by atoms with van der Waals surface area (Å²) in [7, 11) is 0. The summed E-state index contributed by atoms with van der Waals surface area (Å²) in [4.78, 5) is 26.4. The van der Waals surface area contributed by atoms with Crippen molar-refractivity contribution < 1.29 is 27.4 Å². The molecule has 224 valence electrons. The summed E-state index contributed by atoms with van der Waals surface area (Å²) in [5.41, 5.74) is 1.21. The molecule has 3 aromatic rings. The molecule has 2 aliphatic rings. The second-order valence-corrected chi connectivity index (χ2v) is 11.8. The SMILES string of the molecule is CC(C)N1CCOc2c(F)cc(-c3nc(Cc4ccc(N5CCN(C(=O)OC(C)(C)C)CC5)cc4F)ncc3F)cc21. The molecular formula is C31H36F3N5O3. The number of amides is 1. The van der Waals surface area contributed by atoms with Gasteiger partial charge in [0.1, 0.15) is 29.5 Å². The van der Waals surface area contributed by atoms with Crippen LogP contribution in [0.1, 0.15) is 46.0 Å². The van der Waals surface area contributed by atoms with E-state index in [1.54, 1.807) is 17.0 Å². The van der Waals surface area contributed by atoms with Crippen molar-refractivity contribution in [2.24, 2.45) is 0 Å². The maximum absolute atomic E-state index is 15.2. The number of hydrogen-bond acceptors (Lipinski definition) is 7. The number of carbonyl (C=O) groups is 1. The lowest BCUT2D eigenvalue weighted by atomic mass is 10.1. The molecule has 5 rings (SSSR count). The highest BCUT2D eigenvalue weighted by molar-refractivity contribution is 5.72. The van der Waals surface area contributed by atoms with Gasteiger partial charge in [-0.3, -0.25) is 0 Å². The highest BCUT2D eigenvalue weighted by atomic mass is 19.1. The van der Waals surface area contributed by atoms with E-state index < -0.39 is 23.1 Å². The van der Waals surface area contributed by atoms with E-state index in [-0.39, 0.29) is 41.4 Å². The number of halogens is 3. The summed E-state index contributed by atoms with van der Waals surface area (Å²) in [6.45, 7) is 12.4. The summed E-state index contributed by atoms with van der Waals surface area (Å²) in [6.07, 6.45) is 0.703. The van der Waals surface area contributed by atoms with Crippen LogP contribution in [-0.4, -0.2) is 71.9 Å². The van der Waals surface area contributed by atoms with Gasteiger partial charge in [0.25, 0.3) is 0 Å². The predicted molar refractivity (Wildman–Crippen MR) is 155 cm³/mol. The predicted octanol–water partition coefficient (Wildman–Crippen LogP) is 5.82. The first kappa shape index (κ1) is 29.5. The van der Waals surface area contributed by atoms with Gasteiger partial charge < -0.3 is 24.2 Å². The molecule has 1 saturated heterocycles. The number of aromatic nitrogens is 2. The van der Waals surface area contributed by atoms with Crippen molar-refractivity contribution in [2.45, 2.75) is 52.7 Å². The molecule has 0 unspecified atom stereocenters. The zero-order chi connectivity index (χ0) is 30.2. The standard InChI is InChI=1S/C31H36F3N5O3/c1-19(2)39-12-13-41-29-24(33)14-21(15-26(29)39)28-25(34)18-35-27(36-28)16-20-6-7-22(17-23(20)32)37-8-10-38(11-9-37)30(40)42-31(3,4)5/h6-7,14-15,17-19H,8-13,16H2,1-5H3. The number of rotatable bonds is 5. The van der Waals surface area contributed by atoms with Crippen LogP contribution in [0.4, 0.5) is 29.3 Å². The Labute approximate surface area is 244 Å². The number of fused-ring (bicyclic) bond motifs is 1. The fourth-order valence-corrected chi connectivity index (χ4v) is 5.19. The molecular weight excluding hydrogens is 547 g/mol. The third kappa shape index (κ3) is 6.39. The van der Waals surface area contributed by atoms with Crippen LogP contribution in [0.5, 0.6) is 5.75 Å². The Balaban J connectivity index is 1.31. The van der Waals surface area contributed by atoms with Gasteiger partial charge in [0.2, 0.25) is 0 Å².